The molecular weight excluding hydrogens is 344 g/mol. The zero-order valence-corrected chi connectivity index (χ0v) is 17.8. The van der Waals surface area contributed by atoms with Crippen LogP contribution in [0.25, 0.3) is 5.57 Å². The minimum absolute atomic E-state index is 0.129. The van der Waals surface area contributed by atoms with Gasteiger partial charge < -0.3 is 5.11 Å². The van der Waals surface area contributed by atoms with Crippen LogP contribution in [0.5, 0.6) is 0 Å². The van der Waals surface area contributed by atoms with Crippen molar-refractivity contribution in [2.24, 2.45) is 34.5 Å². The summed E-state index contributed by atoms with van der Waals surface area (Å²) < 4.78 is 0. The lowest BCUT2D eigenvalue weighted by atomic mass is 9.45. The highest BCUT2D eigenvalue weighted by atomic mass is 16.3. The molecule has 7 atom stereocenters. The van der Waals surface area contributed by atoms with Crippen molar-refractivity contribution < 1.29 is 5.11 Å². The van der Waals surface area contributed by atoms with E-state index in [1.54, 1.807) is 11.8 Å². The molecule has 0 bridgehead atoms. The van der Waals surface area contributed by atoms with Gasteiger partial charge in [-0.15, -0.1) is 0 Å². The molecule has 2 saturated carbocycles. The van der Waals surface area contributed by atoms with Crippen LogP contribution in [0.15, 0.2) is 35.8 Å². The molecule has 0 spiro atoms. The SMILES string of the molecule is CC1=C(c2cnccn2)[C@@]2(C)CC[C@@H]3[C@@H](C(C)C=C4CC(O)CC[C@@]43C)[C@@H]2C1. The summed E-state index contributed by atoms with van der Waals surface area (Å²) in [6.07, 6.45) is 14.8. The van der Waals surface area contributed by atoms with E-state index in [4.69, 9.17) is 4.98 Å². The Bertz CT molecular complexity index is 843. The molecule has 2 fully saturated rings. The highest BCUT2D eigenvalue weighted by Gasteiger charge is 2.59. The fourth-order valence-electron chi connectivity index (χ4n) is 7.87. The predicted molar refractivity (Wildman–Crippen MR) is 112 cm³/mol. The molecule has 1 heterocycles. The zero-order chi connectivity index (χ0) is 19.7. The Kier molecular flexibility index (Phi) is 4.14. The van der Waals surface area contributed by atoms with Gasteiger partial charge in [0.1, 0.15) is 0 Å². The third kappa shape index (κ3) is 2.44. The van der Waals surface area contributed by atoms with Gasteiger partial charge in [0, 0.05) is 12.4 Å². The number of hydrogen-bond acceptors (Lipinski definition) is 3. The number of aliphatic hydroxyl groups excluding tert-OH is 1. The van der Waals surface area contributed by atoms with Crippen LogP contribution in [-0.2, 0) is 0 Å². The second kappa shape index (κ2) is 6.26. The van der Waals surface area contributed by atoms with Gasteiger partial charge in [-0.25, -0.2) is 0 Å². The maximum atomic E-state index is 10.3. The first-order valence-electron chi connectivity index (χ1n) is 11.2. The Balaban J connectivity index is 1.55. The summed E-state index contributed by atoms with van der Waals surface area (Å²) in [6.45, 7) is 9.78. The van der Waals surface area contributed by atoms with Gasteiger partial charge in [-0.2, -0.15) is 0 Å². The van der Waals surface area contributed by atoms with E-state index in [1.807, 2.05) is 12.4 Å². The lowest BCUT2D eigenvalue weighted by molar-refractivity contribution is -0.0429. The summed E-state index contributed by atoms with van der Waals surface area (Å²) in [5.74, 6) is 2.77. The summed E-state index contributed by atoms with van der Waals surface area (Å²) in [4.78, 5) is 9.07. The van der Waals surface area contributed by atoms with Crippen molar-refractivity contribution in [2.45, 2.75) is 72.3 Å². The summed E-state index contributed by atoms with van der Waals surface area (Å²) in [5.41, 5.74) is 6.16. The van der Waals surface area contributed by atoms with Crippen LogP contribution < -0.4 is 0 Å². The van der Waals surface area contributed by atoms with Gasteiger partial charge in [0.15, 0.2) is 0 Å². The van der Waals surface area contributed by atoms with Gasteiger partial charge in [0.25, 0.3) is 0 Å². The zero-order valence-electron chi connectivity index (χ0n) is 17.8. The lowest BCUT2D eigenvalue weighted by Gasteiger charge is -2.59. The van der Waals surface area contributed by atoms with E-state index < -0.39 is 0 Å². The first kappa shape index (κ1) is 18.5. The van der Waals surface area contributed by atoms with Crippen LogP contribution >= 0.6 is 0 Å². The molecule has 1 aromatic rings. The van der Waals surface area contributed by atoms with Crippen LogP contribution in [-0.4, -0.2) is 21.2 Å². The highest BCUT2D eigenvalue weighted by Crippen LogP contribution is 2.68. The Hall–Kier alpha value is -1.48. The molecule has 1 N–H and O–H groups in total. The van der Waals surface area contributed by atoms with Crippen LogP contribution in [0, 0.1) is 34.5 Å². The average Bonchev–Trinajstić information content (AvgIpc) is 2.94. The molecule has 3 heteroatoms. The standard InChI is InChI=1S/C25H34N2O/c1-15-11-17-13-18(28)5-7-24(17,3)19-6-8-25(4)20(22(15)19)12-16(2)23(25)21-14-26-9-10-27-21/h9-11,14-15,18-20,22,28H,5-8,12-13H2,1-4H3/t15?,18?,19-,20+,22-,24+,25+/m1/s1. The van der Waals surface area contributed by atoms with Crippen LogP contribution in [0.3, 0.4) is 0 Å². The second-order valence-corrected chi connectivity index (χ2v) is 10.6. The molecule has 28 heavy (non-hydrogen) atoms. The number of allylic oxidation sites excluding steroid dienone is 3. The van der Waals surface area contributed by atoms with E-state index in [0.717, 1.165) is 36.8 Å². The van der Waals surface area contributed by atoms with E-state index in [2.05, 4.69) is 38.8 Å². The van der Waals surface area contributed by atoms with Crippen molar-refractivity contribution in [3.8, 4) is 0 Å². The fraction of sp³-hybridized carbons (Fsp3) is 0.680. The predicted octanol–water partition coefficient (Wildman–Crippen LogP) is 5.43. The number of hydrogen-bond donors (Lipinski definition) is 1. The molecular formula is C25H34N2O. The number of rotatable bonds is 1. The van der Waals surface area contributed by atoms with E-state index in [0.29, 0.717) is 17.3 Å². The van der Waals surface area contributed by atoms with Crippen molar-refractivity contribution in [1.29, 1.82) is 0 Å². The van der Waals surface area contributed by atoms with Gasteiger partial charge in [-0.05, 0) is 85.5 Å². The Morgan fingerprint density at radius 2 is 1.82 bits per heavy atom. The van der Waals surface area contributed by atoms with E-state index in [-0.39, 0.29) is 11.5 Å². The summed E-state index contributed by atoms with van der Waals surface area (Å²) >= 11 is 0. The van der Waals surface area contributed by atoms with Crippen molar-refractivity contribution in [1.82, 2.24) is 9.97 Å². The monoisotopic (exact) mass is 378 g/mol. The molecule has 4 aliphatic rings. The van der Waals surface area contributed by atoms with Gasteiger partial charge in [0.05, 0.1) is 18.0 Å². The molecule has 150 valence electrons. The number of aliphatic hydroxyl groups is 1. The van der Waals surface area contributed by atoms with Gasteiger partial charge in [-0.1, -0.05) is 38.0 Å². The van der Waals surface area contributed by atoms with E-state index in [9.17, 15) is 5.11 Å². The first-order valence-corrected chi connectivity index (χ1v) is 11.2. The topological polar surface area (TPSA) is 46.0 Å². The third-order valence-corrected chi connectivity index (χ3v) is 9.14. The van der Waals surface area contributed by atoms with Gasteiger partial charge >= 0.3 is 0 Å². The Morgan fingerprint density at radius 3 is 2.57 bits per heavy atom. The van der Waals surface area contributed by atoms with Crippen molar-refractivity contribution in [2.75, 3.05) is 0 Å². The number of nitrogens with zero attached hydrogens (tertiary/aromatic N) is 2. The van der Waals surface area contributed by atoms with Gasteiger partial charge in [-0.3, -0.25) is 9.97 Å². The van der Waals surface area contributed by atoms with Crippen LogP contribution in [0.2, 0.25) is 0 Å². The molecule has 0 aliphatic heterocycles. The molecule has 3 nitrogen and oxygen atoms in total. The molecule has 0 aromatic carbocycles. The number of aromatic nitrogens is 2. The fourth-order valence-corrected chi connectivity index (χ4v) is 7.87. The minimum Gasteiger partial charge on any atom is -0.393 e. The maximum Gasteiger partial charge on any atom is 0.0849 e. The molecule has 2 unspecified atom stereocenters. The van der Waals surface area contributed by atoms with Crippen molar-refractivity contribution in [3.05, 3.63) is 41.5 Å². The van der Waals surface area contributed by atoms with Crippen LogP contribution in [0.1, 0.15) is 71.9 Å². The Morgan fingerprint density at radius 1 is 1.04 bits per heavy atom. The quantitative estimate of drug-likeness (QED) is 0.663. The molecule has 0 saturated heterocycles. The molecule has 4 aliphatic carbocycles. The average molecular weight is 379 g/mol. The second-order valence-electron chi connectivity index (χ2n) is 10.6. The molecule has 5 rings (SSSR count). The van der Waals surface area contributed by atoms with Crippen molar-refractivity contribution >= 4 is 5.57 Å². The third-order valence-electron chi connectivity index (χ3n) is 9.14. The minimum atomic E-state index is -0.129. The van der Waals surface area contributed by atoms with Gasteiger partial charge in [0.2, 0.25) is 0 Å². The maximum absolute atomic E-state index is 10.3. The summed E-state index contributed by atoms with van der Waals surface area (Å²) in [5, 5.41) is 10.3. The van der Waals surface area contributed by atoms with Crippen LogP contribution in [0.4, 0.5) is 0 Å². The largest absolute Gasteiger partial charge is 0.393 e. The highest BCUT2D eigenvalue weighted by molar-refractivity contribution is 5.73. The lowest BCUT2D eigenvalue weighted by Crippen LogP contribution is -2.52. The van der Waals surface area contributed by atoms with E-state index >= 15 is 0 Å². The molecule has 0 radical (unpaired) electrons. The summed E-state index contributed by atoms with van der Waals surface area (Å²) in [7, 11) is 0. The first-order chi connectivity index (χ1) is 13.3. The smallest absolute Gasteiger partial charge is 0.0849 e. The normalized spacial score (nSPS) is 45.2. The molecule has 0 amide bonds. The molecule has 1 aromatic heterocycles. The van der Waals surface area contributed by atoms with Crippen molar-refractivity contribution in [3.63, 3.8) is 0 Å². The van der Waals surface area contributed by atoms with E-state index in [1.165, 1.54) is 30.4 Å². The summed E-state index contributed by atoms with van der Waals surface area (Å²) in [6, 6.07) is 0. The number of fused-ring (bicyclic) bond motifs is 5. The Labute approximate surface area is 169 Å².